The van der Waals surface area contributed by atoms with Crippen LogP contribution in [0.4, 0.5) is 5.69 Å². The van der Waals surface area contributed by atoms with E-state index in [9.17, 15) is 0 Å². The van der Waals surface area contributed by atoms with E-state index in [1.807, 2.05) is 19.1 Å². The standard InChI is InChI=1S/C14H19BrClNO/c1-3-18-14-12(15)7-10(16)8-13(14)17-11-5-4-9(2)6-11/h7-9,11,17H,3-6H2,1-2H3. The summed E-state index contributed by atoms with van der Waals surface area (Å²) in [6, 6.07) is 4.35. The van der Waals surface area contributed by atoms with Gasteiger partial charge in [0.15, 0.2) is 5.75 Å². The second-order valence-electron chi connectivity index (χ2n) is 4.96. The largest absolute Gasteiger partial charge is 0.491 e. The molecule has 1 aliphatic rings. The highest BCUT2D eigenvalue weighted by Crippen LogP contribution is 2.38. The van der Waals surface area contributed by atoms with Crippen LogP contribution in [0.1, 0.15) is 33.1 Å². The summed E-state index contributed by atoms with van der Waals surface area (Å²) in [7, 11) is 0. The summed E-state index contributed by atoms with van der Waals surface area (Å²) in [4.78, 5) is 0. The van der Waals surface area contributed by atoms with Crippen LogP contribution in [0.2, 0.25) is 5.02 Å². The van der Waals surface area contributed by atoms with Gasteiger partial charge in [0.25, 0.3) is 0 Å². The van der Waals surface area contributed by atoms with Crippen molar-refractivity contribution in [2.45, 2.75) is 39.2 Å². The first-order valence-corrected chi connectivity index (χ1v) is 7.65. The van der Waals surface area contributed by atoms with E-state index >= 15 is 0 Å². The molecule has 4 heteroatoms. The van der Waals surface area contributed by atoms with Crippen LogP contribution in [-0.4, -0.2) is 12.6 Å². The molecule has 18 heavy (non-hydrogen) atoms. The van der Waals surface area contributed by atoms with Crippen molar-refractivity contribution in [3.05, 3.63) is 21.6 Å². The lowest BCUT2D eigenvalue weighted by atomic mass is 10.1. The molecular formula is C14H19BrClNO. The molecule has 100 valence electrons. The Labute approximate surface area is 122 Å². The average Bonchev–Trinajstić information content (AvgIpc) is 2.69. The molecule has 1 saturated carbocycles. The quantitative estimate of drug-likeness (QED) is 0.828. The molecule has 1 N–H and O–H groups in total. The second-order valence-corrected chi connectivity index (χ2v) is 6.25. The third-order valence-electron chi connectivity index (χ3n) is 3.35. The van der Waals surface area contributed by atoms with E-state index in [1.54, 1.807) is 0 Å². The number of hydrogen-bond donors (Lipinski definition) is 1. The summed E-state index contributed by atoms with van der Waals surface area (Å²) in [6.45, 7) is 4.94. The molecule has 0 aromatic heterocycles. The predicted molar refractivity (Wildman–Crippen MR) is 80.7 cm³/mol. The monoisotopic (exact) mass is 331 g/mol. The van der Waals surface area contributed by atoms with Gasteiger partial charge in [-0.1, -0.05) is 18.5 Å². The number of hydrogen-bond acceptors (Lipinski definition) is 2. The van der Waals surface area contributed by atoms with E-state index in [4.69, 9.17) is 16.3 Å². The molecule has 0 bridgehead atoms. The smallest absolute Gasteiger partial charge is 0.156 e. The maximum Gasteiger partial charge on any atom is 0.156 e. The summed E-state index contributed by atoms with van der Waals surface area (Å²) in [5.41, 5.74) is 0.996. The molecule has 2 nitrogen and oxygen atoms in total. The fourth-order valence-electron chi connectivity index (χ4n) is 2.52. The summed E-state index contributed by atoms with van der Waals surface area (Å²) < 4.78 is 6.60. The lowest BCUT2D eigenvalue weighted by molar-refractivity contribution is 0.339. The Bertz CT molecular complexity index is 425. The van der Waals surface area contributed by atoms with E-state index in [1.165, 1.54) is 19.3 Å². The molecule has 0 saturated heterocycles. The van der Waals surface area contributed by atoms with Crippen LogP contribution in [-0.2, 0) is 0 Å². The number of nitrogens with one attached hydrogen (secondary N) is 1. The Morgan fingerprint density at radius 2 is 2.22 bits per heavy atom. The number of rotatable bonds is 4. The van der Waals surface area contributed by atoms with Crippen molar-refractivity contribution in [2.75, 3.05) is 11.9 Å². The summed E-state index contributed by atoms with van der Waals surface area (Å²) in [6.07, 6.45) is 3.73. The maximum atomic E-state index is 6.11. The Balaban J connectivity index is 2.19. The summed E-state index contributed by atoms with van der Waals surface area (Å²) >= 11 is 9.62. The van der Waals surface area contributed by atoms with Crippen LogP contribution in [0.25, 0.3) is 0 Å². The van der Waals surface area contributed by atoms with Gasteiger partial charge in [0.05, 0.1) is 16.8 Å². The maximum absolute atomic E-state index is 6.11. The Hall–Kier alpha value is -0.410. The second kappa shape index (κ2) is 6.16. The molecule has 2 unspecified atom stereocenters. The highest BCUT2D eigenvalue weighted by molar-refractivity contribution is 9.10. The van der Waals surface area contributed by atoms with E-state index in [0.29, 0.717) is 12.6 Å². The van der Waals surface area contributed by atoms with Crippen LogP contribution in [0, 0.1) is 5.92 Å². The van der Waals surface area contributed by atoms with Gasteiger partial charge in [0, 0.05) is 11.1 Å². The fraction of sp³-hybridized carbons (Fsp3) is 0.571. The first-order chi connectivity index (χ1) is 8.60. The molecule has 0 amide bonds. The van der Waals surface area contributed by atoms with Crippen molar-refractivity contribution in [1.29, 1.82) is 0 Å². The minimum atomic E-state index is 0.532. The van der Waals surface area contributed by atoms with Gasteiger partial charge in [-0.25, -0.2) is 0 Å². The van der Waals surface area contributed by atoms with Crippen molar-refractivity contribution < 1.29 is 4.74 Å². The third kappa shape index (κ3) is 3.33. The molecule has 2 atom stereocenters. The van der Waals surface area contributed by atoms with Crippen LogP contribution in [0.3, 0.4) is 0 Å². The van der Waals surface area contributed by atoms with Crippen LogP contribution in [0.5, 0.6) is 5.75 Å². The predicted octanol–water partition coefficient (Wildman–Crippen LogP) is 5.10. The molecular weight excluding hydrogens is 314 g/mol. The van der Waals surface area contributed by atoms with Crippen molar-refractivity contribution >= 4 is 33.2 Å². The molecule has 0 spiro atoms. The lowest BCUT2D eigenvalue weighted by Crippen LogP contribution is -2.16. The van der Waals surface area contributed by atoms with Crippen molar-refractivity contribution in [3.8, 4) is 5.75 Å². The molecule has 0 aliphatic heterocycles. The van der Waals surface area contributed by atoms with E-state index in [2.05, 4.69) is 28.2 Å². The van der Waals surface area contributed by atoms with Gasteiger partial charge in [-0.05, 0) is 60.2 Å². The fourth-order valence-corrected chi connectivity index (χ4v) is 3.44. The Morgan fingerprint density at radius 3 is 2.83 bits per heavy atom. The molecule has 1 aliphatic carbocycles. The van der Waals surface area contributed by atoms with Crippen molar-refractivity contribution in [3.63, 3.8) is 0 Å². The van der Waals surface area contributed by atoms with Gasteiger partial charge in [-0.2, -0.15) is 0 Å². The zero-order chi connectivity index (χ0) is 13.1. The SMILES string of the molecule is CCOc1c(Br)cc(Cl)cc1NC1CCC(C)C1. The number of halogens is 2. The zero-order valence-electron chi connectivity index (χ0n) is 10.8. The topological polar surface area (TPSA) is 21.3 Å². The van der Waals surface area contributed by atoms with Crippen molar-refractivity contribution in [2.24, 2.45) is 5.92 Å². The Kier molecular flexibility index (Phi) is 4.79. The van der Waals surface area contributed by atoms with Crippen LogP contribution >= 0.6 is 27.5 Å². The number of anilines is 1. The zero-order valence-corrected chi connectivity index (χ0v) is 13.1. The minimum Gasteiger partial charge on any atom is -0.491 e. The highest BCUT2D eigenvalue weighted by atomic mass is 79.9. The molecule has 2 rings (SSSR count). The lowest BCUT2D eigenvalue weighted by Gasteiger charge is -2.19. The summed E-state index contributed by atoms with van der Waals surface area (Å²) in [5.74, 6) is 1.67. The molecule has 0 radical (unpaired) electrons. The molecule has 1 aromatic rings. The van der Waals surface area contributed by atoms with Gasteiger partial charge < -0.3 is 10.1 Å². The molecule has 1 aromatic carbocycles. The van der Waals surface area contributed by atoms with Gasteiger partial charge in [-0.3, -0.25) is 0 Å². The third-order valence-corrected chi connectivity index (χ3v) is 4.16. The molecule has 0 heterocycles. The van der Waals surface area contributed by atoms with Crippen LogP contribution < -0.4 is 10.1 Å². The minimum absolute atomic E-state index is 0.532. The molecule has 1 fully saturated rings. The first kappa shape index (κ1) is 14.0. The normalized spacial score (nSPS) is 23.1. The van der Waals surface area contributed by atoms with E-state index < -0.39 is 0 Å². The van der Waals surface area contributed by atoms with Gasteiger partial charge >= 0.3 is 0 Å². The van der Waals surface area contributed by atoms with Gasteiger partial charge in [0.2, 0.25) is 0 Å². The van der Waals surface area contributed by atoms with E-state index in [0.717, 1.165) is 26.9 Å². The highest BCUT2D eigenvalue weighted by Gasteiger charge is 2.22. The Morgan fingerprint density at radius 1 is 1.44 bits per heavy atom. The number of benzene rings is 1. The number of ether oxygens (including phenoxy) is 1. The first-order valence-electron chi connectivity index (χ1n) is 6.48. The van der Waals surface area contributed by atoms with Gasteiger partial charge in [0.1, 0.15) is 0 Å². The summed E-state index contributed by atoms with van der Waals surface area (Å²) in [5, 5.41) is 4.29. The van der Waals surface area contributed by atoms with Gasteiger partial charge in [-0.15, -0.1) is 0 Å². The average molecular weight is 333 g/mol. The van der Waals surface area contributed by atoms with E-state index in [-0.39, 0.29) is 0 Å². The van der Waals surface area contributed by atoms with Crippen LogP contribution in [0.15, 0.2) is 16.6 Å². The van der Waals surface area contributed by atoms with Crippen molar-refractivity contribution in [1.82, 2.24) is 0 Å².